The summed E-state index contributed by atoms with van der Waals surface area (Å²) in [6.45, 7) is 0.299. The van der Waals surface area contributed by atoms with Crippen molar-refractivity contribution in [1.82, 2.24) is 0 Å². The van der Waals surface area contributed by atoms with E-state index in [4.69, 9.17) is 5.53 Å². The molecule has 2 rings (SSSR count). The zero-order valence-electron chi connectivity index (χ0n) is 16.6. The van der Waals surface area contributed by atoms with E-state index in [1.807, 2.05) is 0 Å². The van der Waals surface area contributed by atoms with Crippen molar-refractivity contribution in [2.75, 3.05) is 6.61 Å². The maximum atomic E-state index is 13.4. The molecule has 0 spiro atoms. The second-order valence-corrected chi connectivity index (χ2v) is 6.63. The Morgan fingerprint density at radius 3 is 1.90 bits per heavy atom. The predicted octanol–water partition coefficient (Wildman–Crippen LogP) is 2.03. The Bertz CT molecular complexity index is 1030. The first-order valence-electron chi connectivity index (χ1n) is 9.25. The van der Waals surface area contributed by atoms with Crippen LogP contribution in [0, 0.1) is 0 Å². The van der Waals surface area contributed by atoms with Gasteiger partial charge in [0.05, 0.1) is 6.61 Å². The molecule has 0 heterocycles. The van der Waals surface area contributed by atoms with Gasteiger partial charge < -0.3 is 15.3 Å². The van der Waals surface area contributed by atoms with Crippen LogP contribution < -0.4 is 0 Å². The second-order valence-electron chi connectivity index (χ2n) is 6.63. The molecule has 2 aromatic carbocycles. The van der Waals surface area contributed by atoms with Gasteiger partial charge in [0.1, 0.15) is 6.04 Å². The molecule has 9 nitrogen and oxygen atoms in total. The minimum Gasteiger partial charge on any atom is -0.396 e. The van der Waals surface area contributed by atoms with E-state index in [1.54, 1.807) is 12.1 Å². The van der Waals surface area contributed by atoms with Crippen molar-refractivity contribution in [2.24, 2.45) is 5.11 Å². The molecule has 160 valence electrons. The number of benzene rings is 2. The third kappa shape index (κ3) is 4.16. The third-order valence-corrected chi connectivity index (χ3v) is 4.82. The molecule has 0 fully saturated rings. The number of aliphatic hydroxyl groups excluding tert-OH is 1. The molecule has 0 radical (unpaired) electrons. The molecule has 0 saturated carbocycles. The Kier molecular flexibility index (Phi) is 7.57. The molecule has 3 N–H and O–H groups in total. The van der Waals surface area contributed by atoms with Crippen LogP contribution in [0.1, 0.15) is 27.6 Å². The average Bonchev–Trinajstić information content (AvgIpc) is 2.81. The lowest BCUT2D eigenvalue weighted by atomic mass is 9.67. The van der Waals surface area contributed by atoms with Gasteiger partial charge in [0.25, 0.3) is 0 Å². The van der Waals surface area contributed by atoms with Crippen LogP contribution in [0.3, 0.4) is 0 Å². The van der Waals surface area contributed by atoms with E-state index < -0.39 is 41.2 Å². The van der Waals surface area contributed by atoms with Crippen molar-refractivity contribution in [3.05, 3.63) is 94.4 Å². The van der Waals surface area contributed by atoms with Crippen molar-refractivity contribution < 1.29 is 29.7 Å². The quantitative estimate of drug-likeness (QED) is 0.132. The van der Waals surface area contributed by atoms with Gasteiger partial charge in [0, 0.05) is 16.0 Å². The Hall–Kier alpha value is -3.62. The molecule has 2 aromatic rings. The summed E-state index contributed by atoms with van der Waals surface area (Å²) in [5.74, 6) is -3.89. The van der Waals surface area contributed by atoms with Gasteiger partial charge in [-0.15, -0.1) is 0 Å². The minimum atomic E-state index is -3.41. The molecule has 0 aromatic heterocycles. The number of hydrogen-bond donors (Lipinski definition) is 3. The number of ketones is 3. The van der Waals surface area contributed by atoms with Gasteiger partial charge in [-0.1, -0.05) is 71.9 Å². The van der Waals surface area contributed by atoms with Crippen LogP contribution in [0.4, 0.5) is 0 Å². The Morgan fingerprint density at radius 1 is 1.00 bits per heavy atom. The summed E-state index contributed by atoms with van der Waals surface area (Å²) in [4.78, 5) is 42.3. The molecule has 3 atom stereocenters. The number of rotatable bonds is 10. The first-order chi connectivity index (χ1) is 14.8. The van der Waals surface area contributed by atoms with Crippen LogP contribution in [0.2, 0.25) is 0 Å². The molecular formula is C22H21N3O6. The van der Waals surface area contributed by atoms with E-state index >= 15 is 0 Å². The first-order valence-corrected chi connectivity index (χ1v) is 9.25. The van der Waals surface area contributed by atoms with Crippen molar-refractivity contribution in [3.8, 4) is 0 Å². The summed E-state index contributed by atoms with van der Waals surface area (Å²) in [5, 5.41) is 36.1. The lowest BCUT2D eigenvalue weighted by Crippen LogP contribution is -2.72. The number of nitrogens with zero attached hydrogens (tertiary/aromatic N) is 3. The van der Waals surface area contributed by atoms with Gasteiger partial charge in [-0.2, -0.15) is 0 Å². The lowest BCUT2D eigenvalue weighted by Gasteiger charge is -2.42. The maximum Gasteiger partial charge on any atom is 0.227 e. The fourth-order valence-corrected chi connectivity index (χ4v) is 3.22. The highest BCUT2D eigenvalue weighted by Crippen LogP contribution is 2.36. The molecule has 31 heavy (non-hydrogen) atoms. The maximum absolute atomic E-state index is 13.4. The summed E-state index contributed by atoms with van der Waals surface area (Å²) in [7, 11) is 0. The van der Waals surface area contributed by atoms with Gasteiger partial charge in [-0.05, 0) is 18.5 Å². The van der Waals surface area contributed by atoms with Gasteiger partial charge >= 0.3 is 0 Å². The summed E-state index contributed by atoms with van der Waals surface area (Å²) >= 11 is 0. The standard InChI is InChI=1S/C22H21N3O6/c1-2-9-18(27)22(31,20(29)16-12-7-4-8-13-16)21(30,17(14-26)24-25-23)19(28)15-10-5-3-6-11-15/h2-13,17,26,30-31H,14H2,1H3/t17-,21-,22-/m0/s1. The number of hydrogen-bond acceptors (Lipinski definition) is 7. The number of aliphatic hydroxyl groups is 3. The highest BCUT2D eigenvalue weighted by Gasteiger charge is 2.66. The molecule has 0 aliphatic rings. The van der Waals surface area contributed by atoms with E-state index in [9.17, 15) is 29.7 Å². The van der Waals surface area contributed by atoms with Crippen molar-refractivity contribution >= 4 is 17.3 Å². The predicted molar refractivity (Wildman–Crippen MR) is 111 cm³/mol. The van der Waals surface area contributed by atoms with Crippen molar-refractivity contribution in [3.63, 3.8) is 0 Å². The first kappa shape index (κ1) is 23.7. The van der Waals surface area contributed by atoms with Crippen LogP contribution >= 0.6 is 0 Å². The number of carbonyl (C=O) groups is 3. The van der Waals surface area contributed by atoms with Crippen molar-refractivity contribution in [1.29, 1.82) is 0 Å². The molecular weight excluding hydrogens is 402 g/mol. The smallest absolute Gasteiger partial charge is 0.227 e. The average molecular weight is 423 g/mol. The second kappa shape index (κ2) is 9.92. The molecule has 0 aliphatic heterocycles. The zero-order chi connectivity index (χ0) is 23.1. The lowest BCUT2D eigenvalue weighted by molar-refractivity contribution is -0.152. The van der Waals surface area contributed by atoms with E-state index in [2.05, 4.69) is 10.0 Å². The van der Waals surface area contributed by atoms with E-state index in [1.165, 1.54) is 61.5 Å². The van der Waals surface area contributed by atoms with Gasteiger partial charge in [0.15, 0.2) is 17.2 Å². The Labute approximate surface area is 177 Å². The zero-order valence-corrected chi connectivity index (χ0v) is 16.6. The summed E-state index contributed by atoms with van der Waals surface area (Å²) < 4.78 is 0. The fraction of sp³-hybridized carbons (Fsp3) is 0.227. The molecule has 0 amide bonds. The topological polar surface area (TPSA) is 161 Å². The summed E-state index contributed by atoms with van der Waals surface area (Å²) in [6.07, 6.45) is 2.02. The molecule has 9 heteroatoms. The highest BCUT2D eigenvalue weighted by atomic mass is 16.4. The largest absolute Gasteiger partial charge is 0.396 e. The number of Topliss-reactive ketones (excluding diaryl/α,β-unsaturated/α-hetero) is 2. The summed E-state index contributed by atoms with van der Waals surface area (Å²) in [5.41, 5.74) is 1.82. The van der Waals surface area contributed by atoms with Crippen LogP contribution in [0.15, 0.2) is 77.9 Å². The van der Waals surface area contributed by atoms with Gasteiger partial charge in [-0.3, -0.25) is 14.4 Å². The number of allylic oxidation sites excluding steroid dienone is 1. The van der Waals surface area contributed by atoms with E-state index in [0.717, 1.165) is 6.08 Å². The van der Waals surface area contributed by atoms with E-state index in [0.29, 0.717) is 0 Å². The molecule has 0 unspecified atom stereocenters. The van der Waals surface area contributed by atoms with Crippen LogP contribution in [0.25, 0.3) is 10.4 Å². The fourth-order valence-electron chi connectivity index (χ4n) is 3.22. The van der Waals surface area contributed by atoms with Gasteiger partial charge in [-0.25, -0.2) is 0 Å². The Morgan fingerprint density at radius 2 is 1.48 bits per heavy atom. The third-order valence-electron chi connectivity index (χ3n) is 4.82. The number of carbonyl (C=O) groups excluding carboxylic acids is 3. The molecule has 0 saturated heterocycles. The van der Waals surface area contributed by atoms with Crippen LogP contribution in [-0.2, 0) is 4.79 Å². The SMILES string of the molecule is CC=CC(=O)[C@](O)(C(=O)c1ccccc1)[C@@](O)(C(=O)c1ccccc1)[C@H](CO)N=[N+]=[N-]. The highest BCUT2D eigenvalue weighted by molar-refractivity contribution is 6.26. The Balaban J connectivity index is 2.89. The van der Waals surface area contributed by atoms with Gasteiger partial charge in [0.2, 0.25) is 11.4 Å². The van der Waals surface area contributed by atoms with Crippen LogP contribution in [0.5, 0.6) is 0 Å². The van der Waals surface area contributed by atoms with Crippen molar-refractivity contribution in [2.45, 2.75) is 24.2 Å². The summed E-state index contributed by atoms with van der Waals surface area (Å²) in [6, 6.07) is 12.1. The van der Waals surface area contributed by atoms with Crippen LogP contribution in [-0.4, -0.2) is 56.5 Å². The normalized spacial score (nSPS) is 15.9. The number of azide groups is 1. The minimum absolute atomic E-state index is 0.177. The molecule has 0 bridgehead atoms. The monoisotopic (exact) mass is 423 g/mol. The molecule has 0 aliphatic carbocycles. The van der Waals surface area contributed by atoms with E-state index in [-0.39, 0.29) is 11.1 Å².